The highest BCUT2D eigenvalue weighted by Crippen LogP contribution is 2.45. The fraction of sp³-hybridized carbons (Fsp3) is 0.500. The molecular formula is C24H31NO5S. The van der Waals surface area contributed by atoms with Crippen molar-refractivity contribution in [3.8, 4) is 11.5 Å². The summed E-state index contributed by atoms with van der Waals surface area (Å²) in [5.41, 5.74) is 2.09. The van der Waals surface area contributed by atoms with Crippen LogP contribution in [-0.4, -0.2) is 33.2 Å². The van der Waals surface area contributed by atoms with Gasteiger partial charge in [-0.3, -0.25) is 4.79 Å². The van der Waals surface area contributed by atoms with Crippen LogP contribution in [0, 0.1) is 11.3 Å². The van der Waals surface area contributed by atoms with E-state index in [-0.39, 0.29) is 11.3 Å². The van der Waals surface area contributed by atoms with Gasteiger partial charge in [0.05, 0.1) is 32.5 Å². The van der Waals surface area contributed by atoms with Crippen LogP contribution in [0.2, 0.25) is 0 Å². The normalized spacial score (nSPS) is 15.7. The number of hydrogen-bond acceptors (Lipinski definition) is 6. The van der Waals surface area contributed by atoms with E-state index in [0.717, 1.165) is 36.1 Å². The molecule has 168 valence electrons. The Bertz CT molecular complexity index is 979. The van der Waals surface area contributed by atoms with Gasteiger partial charge in [-0.25, -0.2) is 4.79 Å². The van der Waals surface area contributed by atoms with Crippen LogP contribution in [0.1, 0.15) is 64.8 Å². The largest absolute Gasteiger partial charge is 0.497 e. The highest BCUT2D eigenvalue weighted by atomic mass is 32.1. The quantitative estimate of drug-likeness (QED) is 0.582. The van der Waals surface area contributed by atoms with E-state index < -0.39 is 5.97 Å². The van der Waals surface area contributed by atoms with Gasteiger partial charge >= 0.3 is 5.97 Å². The van der Waals surface area contributed by atoms with Crippen molar-refractivity contribution in [1.29, 1.82) is 0 Å². The predicted molar refractivity (Wildman–Crippen MR) is 123 cm³/mol. The predicted octanol–water partition coefficient (Wildman–Crippen LogP) is 5.35. The van der Waals surface area contributed by atoms with E-state index >= 15 is 0 Å². The standard InChI is InChI=1S/C24H31NO5S/c1-7-24(2,3)14-8-10-17-19(12-14)31-22(20(17)23(27)30-6)25-21(26)16-11-9-15(28-4)13-18(16)29-5/h9,11,13-14H,7-8,10,12H2,1-6H3,(H,25,26). The molecule has 1 aliphatic rings. The number of carbonyl (C=O) groups excluding carboxylic acids is 2. The lowest BCUT2D eigenvalue weighted by atomic mass is 9.69. The number of benzene rings is 1. The first-order valence-corrected chi connectivity index (χ1v) is 11.3. The Morgan fingerprint density at radius 3 is 2.55 bits per heavy atom. The molecule has 0 aliphatic heterocycles. The van der Waals surface area contributed by atoms with E-state index in [9.17, 15) is 9.59 Å². The summed E-state index contributed by atoms with van der Waals surface area (Å²) in [5, 5.41) is 3.47. The molecule has 7 heteroatoms. The van der Waals surface area contributed by atoms with Crippen molar-refractivity contribution >= 4 is 28.2 Å². The minimum atomic E-state index is -0.414. The number of thiophene rings is 1. The van der Waals surface area contributed by atoms with Crippen molar-refractivity contribution in [3.05, 3.63) is 39.8 Å². The molecule has 0 saturated heterocycles. The topological polar surface area (TPSA) is 73.9 Å². The molecule has 1 unspecified atom stereocenters. The first-order chi connectivity index (χ1) is 14.7. The van der Waals surface area contributed by atoms with Gasteiger partial charge in [0.1, 0.15) is 16.5 Å². The van der Waals surface area contributed by atoms with E-state index in [0.29, 0.717) is 33.5 Å². The molecule has 31 heavy (non-hydrogen) atoms. The number of hydrogen-bond donors (Lipinski definition) is 1. The Labute approximate surface area is 187 Å². The van der Waals surface area contributed by atoms with Crippen LogP contribution in [0.4, 0.5) is 5.00 Å². The monoisotopic (exact) mass is 445 g/mol. The van der Waals surface area contributed by atoms with E-state index in [4.69, 9.17) is 14.2 Å². The average molecular weight is 446 g/mol. The zero-order valence-corrected chi connectivity index (χ0v) is 19.9. The van der Waals surface area contributed by atoms with Crippen molar-refractivity contribution in [2.45, 2.75) is 46.5 Å². The molecule has 1 aliphatic carbocycles. The molecular weight excluding hydrogens is 414 g/mol. The fourth-order valence-corrected chi connectivity index (χ4v) is 5.41. The summed E-state index contributed by atoms with van der Waals surface area (Å²) in [6, 6.07) is 5.01. The van der Waals surface area contributed by atoms with E-state index in [1.807, 2.05) is 0 Å². The van der Waals surface area contributed by atoms with Crippen LogP contribution < -0.4 is 14.8 Å². The Balaban J connectivity index is 1.95. The van der Waals surface area contributed by atoms with Gasteiger partial charge in [-0.15, -0.1) is 11.3 Å². The molecule has 0 radical (unpaired) electrons. The Morgan fingerprint density at radius 1 is 1.19 bits per heavy atom. The molecule has 0 saturated carbocycles. The molecule has 1 heterocycles. The number of carbonyl (C=O) groups is 2. The molecule has 1 amide bonds. The third kappa shape index (κ3) is 4.56. The molecule has 0 bridgehead atoms. The molecule has 3 rings (SSSR count). The first kappa shape index (κ1) is 23.1. The maximum atomic E-state index is 13.1. The molecule has 0 spiro atoms. The number of esters is 1. The Kier molecular flexibility index (Phi) is 6.94. The molecule has 2 aromatic rings. The number of fused-ring (bicyclic) bond motifs is 1. The third-order valence-corrected chi connectivity index (χ3v) is 7.72. The van der Waals surface area contributed by atoms with Crippen molar-refractivity contribution in [2.24, 2.45) is 11.3 Å². The van der Waals surface area contributed by atoms with Gasteiger partial charge in [-0.2, -0.15) is 0 Å². The zero-order valence-electron chi connectivity index (χ0n) is 19.1. The van der Waals surface area contributed by atoms with Gasteiger partial charge in [0.2, 0.25) is 0 Å². The molecule has 0 fully saturated rings. The highest BCUT2D eigenvalue weighted by Gasteiger charge is 2.35. The molecule has 1 N–H and O–H groups in total. The molecule has 1 aromatic heterocycles. The van der Waals surface area contributed by atoms with Crippen LogP contribution in [0.5, 0.6) is 11.5 Å². The van der Waals surface area contributed by atoms with Gasteiger partial charge in [0, 0.05) is 10.9 Å². The van der Waals surface area contributed by atoms with Gasteiger partial charge in [0.25, 0.3) is 5.91 Å². The number of anilines is 1. The van der Waals surface area contributed by atoms with Crippen molar-refractivity contribution in [3.63, 3.8) is 0 Å². The fourth-order valence-electron chi connectivity index (χ4n) is 4.10. The maximum Gasteiger partial charge on any atom is 0.341 e. The minimum absolute atomic E-state index is 0.229. The maximum absolute atomic E-state index is 13.1. The van der Waals surface area contributed by atoms with Gasteiger partial charge in [-0.05, 0) is 48.3 Å². The van der Waals surface area contributed by atoms with Crippen LogP contribution >= 0.6 is 11.3 Å². The number of methoxy groups -OCH3 is 3. The second-order valence-electron chi connectivity index (χ2n) is 8.50. The van der Waals surface area contributed by atoms with Crippen LogP contribution in [-0.2, 0) is 17.6 Å². The number of amides is 1. The van der Waals surface area contributed by atoms with Crippen molar-refractivity contribution in [2.75, 3.05) is 26.6 Å². The third-order valence-electron chi connectivity index (χ3n) is 6.55. The summed E-state index contributed by atoms with van der Waals surface area (Å²) in [5.74, 6) is 0.790. The zero-order chi connectivity index (χ0) is 22.8. The smallest absolute Gasteiger partial charge is 0.341 e. The summed E-state index contributed by atoms with van der Waals surface area (Å²) in [6.45, 7) is 6.82. The number of nitrogens with one attached hydrogen (secondary N) is 1. The summed E-state index contributed by atoms with van der Waals surface area (Å²) < 4.78 is 15.6. The summed E-state index contributed by atoms with van der Waals surface area (Å²) >= 11 is 1.48. The average Bonchev–Trinajstić information content (AvgIpc) is 3.14. The molecule has 1 atom stereocenters. The van der Waals surface area contributed by atoms with Gasteiger partial charge < -0.3 is 19.5 Å². The second kappa shape index (κ2) is 9.30. The number of rotatable bonds is 7. The van der Waals surface area contributed by atoms with E-state index in [2.05, 4.69) is 26.1 Å². The van der Waals surface area contributed by atoms with Crippen molar-refractivity contribution in [1.82, 2.24) is 0 Å². The van der Waals surface area contributed by atoms with Crippen LogP contribution in [0.25, 0.3) is 0 Å². The summed E-state index contributed by atoms with van der Waals surface area (Å²) in [4.78, 5) is 26.8. The minimum Gasteiger partial charge on any atom is -0.497 e. The van der Waals surface area contributed by atoms with E-state index in [1.54, 1.807) is 25.3 Å². The second-order valence-corrected chi connectivity index (χ2v) is 9.61. The summed E-state index contributed by atoms with van der Waals surface area (Å²) in [7, 11) is 4.43. The van der Waals surface area contributed by atoms with Crippen molar-refractivity contribution < 1.29 is 23.8 Å². The van der Waals surface area contributed by atoms with Crippen LogP contribution in [0.3, 0.4) is 0 Å². The highest BCUT2D eigenvalue weighted by molar-refractivity contribution is 7.17. The molecule has 1 aromatic carbocycles. The Morgan fingerprint density at radius 2 is 1.94 bits per heavy atom. The lowest BCUT2D eigenvalue weighted by molar-refractivity contribution is 0.0600. The molecule has 6 nitrogen and oxygen atoms in total. The first-order valence-electron chi connectivity index (χ1n) is 10.5. The summed E-state index contributed by atoms with van der Waals surface area (Å²) in [6.07, 6.45) is 3.84. The number of ether oxygens (including phenoxy) is 3. The van der Waals surface area contributed by atoms with Gasteiger partial charge in [-0.1, -0.05) is 27.2 Å². The SMILES string of the molecule is CCC(C)(C)C1CCc2c(sc(NC(=O)c3ccc(OC)cc3OC)c2C(=O)OC)C1. The van der Waals surface area contributed by atoms with Crippen LogP contribution in [0.15, 0.2) is 18.2 Å². The lowest BCUT2D eigenvalue weighted by Gasteiger charge is -2.36. The van der Waals surface area contributed by atoms with Gasteiger partial charge in [0.15, 0.2) is 0 Å². The lowest BCUT2D eigenvalue weighted by Crippen LogP contribution is -2.28. The van der Waals surface area contributed by atoms with E-state index in [1.165, 1.54) is 25.6 Å². The Hall–Kier alpha value is -2.54.